The van der Waals surface area contributed by atoms with Gasteiger partial charge in [-0.25, -0.2) is 0 Å². The van der Waals surface area contributed by atoms with Gasteiger partial charge in [0.05, 0.1) is 25.4 Å². The molecule has 0 aliphatic heterocycles. The summed E-state index contributed by atoms with van der Waals surface area (Å²) in [7, 11) is 0. The Morgan fingerprint density at radius 2 is 0.794 bits per heavy atom. The molecule has 0 aromatic carbocycles. The maximum Gasteiger partial charge on any atom is 0.305 e. The van der Waals surface area contributed by atoms with Gasteiger partial charge in [-0.3, -0.25) is 9.59 Å². The average Bonchev–Trinajstić information content (AvgIpc) is 3.28. The number of aliphatic hydroxyl groups is 2. The van der Waals surface area contributed by atoms with E-state index in [1.165, 1.54) is 180 Å². The number of aliphatic hydroxyl groups excluding tert-OH is 2. The van der Waals surface area contributed by atoms with Gasteiger partial charge in [0, 0.05) is 12.8 Å². The molecule has 0 fully saturated rings. The lowest BCUT2D eigenvalue weighted by Gasteiger charge is -2.20. The Morgan fingerprint density at radius 1 is 0.444 bits per heavy atom. The second kappa shape index (κ2) is 52.7. The summed E-state index contributed by atoms with van der Waals surface area (Å²) in [5, 5.41) is 23.0. The fourth-order valence-electron chi connectivity index (χ4n) is 8.37. The number of esters is 1. The minimum absolute atomic E-state index is 0.0134. The third-order valence-electron chi connectivity index (χ3n) is 12.7. The van der Waals surface area contributed by atoms with Crippen LogP contribution < -0.4 is 5.32 Å². The fourth-order valence-corrected chi connectivity index (χ4v) is 8.37. The van der Waals surface area contributed by atoms with Crippen LogP contribution in [-0.2, 0) is 14.3 Å². The first-order valence-electron chi connectivity index (χ1n) is 27.8. The maximum atomic E-state index is 12.4. The van der Waals surface area contributed by atoms with Crippen molar-refractivity contribution in [1.82, 2.24) is 5.32 Å². The summed E-state index contributed by atoms with van der Waals surface area (Å²) in [6.07, 6.45) is 64.4. The van der Waals surface area contributed by atoms with Crippen molar-refractivity contribution in [3.63, 3.8) is 0 Å². The van der Waals surface area contributed by atoms with E-state index in [0.717, 1.165) is 83.5 Å². The Kier molecular flexibility index (Phi) is 51.1. The van der Waals surface area contributed by atoms with Crippen LogP contribution in [0, 0.1) is 0 Å². The van der Waals surface area contributed by atoms with Crippen molar-refractivity contribution in [3.05, 3.63) is 36.5 Å². The Bertz CT molecular complexity index is 1020. The Balaban J connectivity index is 3.51. The summed E-state index contributed by atoms with van der Waals surface area (Å²) >= 11 is 0. The number of carbonyl (C=O) groups is 2. The number of amides is 1. The molecule has 0 saturated carbocycles. The van der Waals surface area contributed by atoms with Gasteiger partial charge in [0.25, 0.3) is 0 Å². The van der Waals surface area contributed by atoms with Gasteiger partial charge >= 0.3 is 5.97 Å². The van der Waals surface area contributed by atoms with E-state index in [2.05, 4.69) is 43.5 Å². The van der Waals surface area contributed by atoms with Crippen molar-refractivity contribution < 1.29 is 24.5 Å². The van der Waals surface area contributed by atoms with Gasteiger partial charge < -0.3 is 20.3 Å². The van der Waals surface area contributed by atoms with Crippen molar-refractivity contribution >= 4 is 11.9 Å². The molecule has 1 amide bonds. The Morgan fingerprint density at radius 3 is 1.21 bits per heavy atom. The van der Waals surface area contributed by atoms with Crippen molar-refractivity contribution in [2.45, 2.75) is 302 Å². The smallest absolute Gasteiger partial charge is 0.305 e. The third kappa shape index (κ3) is 49.4. The summed E-state index contributed by atoms with van der Waals surface area (Å²) in [6.45, 7) is 4.86. The van der Waals surface area contributed by atoms with Crippen LogP contribution in [0.25, 0.3) is 0 Å². The second-order valence-electron chi connectivity index (χ2n) is 18.9. The predicted octanol–water partition coefficient (Wildman–Crippen LogP) is 16.9. The average molecular weight is 886 g/mol. The summed E-state index contributed by atoms with van der Waals surface area (Å²) in [4.78, 5) is 24.5. The minimum atomic E-state index is -0.854. The standard InChI is InChI=1S/C57H107NO5/c1-3-5-7-9-11-13-15-17-18-23-27-31-35-39-43-47-51-57(62)63-52-48-44-40-36-32-28-24-21-19-20-22-26-30-34-38-42-46-50-56(61)58-54(53-59)55(60)49-45-41-37-33-29-25-16-14-12-10-8-6-4-2/h19,21,28,32,45,49,54-55,59-60H,3-18,20,22-27,29-31,33-44,46-48,50-53H2,1-2H3,(H,58,61)/b21-19-,32-28-,49-45+. The van der Waals surface area contributed by atoms with Crippen LogP contribution in [0.2, 0.25) is 0 Å². The van der Waals surface area contributed by atoms with Crippen LogP contribution in [0.5, 0.6) is 0 Å². The van der Waals surface area contributed by atoms with Crippen molar-refractivity contribution in [2.24, 2.45) is 0 Å². The quantitative estimate of drug-likeness (QED) is 0.0321. The summed E-state index contributed by atoms with van der Waals surface area (Å²) in [5.41, 5.74) is 0. The Labute approximate surface area is 392 Å². The first kappa shape index (κ1) is 61.1. The van der Waals surface area contributed by atoms with E-state index >= 15 is 0 Å². The number of hydrogen-bond donors (Lipinski definition) is 3. The van der Waals surface area contributed by atoms with Crippen molar-refractivity contribution in [3.8, 4) is 0 Å². The first-order valence-corrected chi connectivity index (χ1v) is 27.8. The van der Waals surface area contributed by atoms with Crippen molar-refractivity contribution in [2.75, 3.05) is 13.2 Å². The molecule has 2 unspecified atom stereocenters. The molecule has 370 valence electrons. The van der Waals surface area contributed by atoms with Gasteiger partial charge in [0.2, 0.25) is 5.91 Å². The van der Waals surface area contributed by atoms with E-state index in [-0.39, 0.29) is 18.5 Å². The molecule has 0 heterocycles. The lowest BCUT2D eigenvalue weighted by Crippen LogP contribution is -2.45. The number of unbranched alkanes of at least 4 members (excludes halogenated alkanes) is 36. The molecule has 0 rings (SSSR count). The van der Waals surface area contributed by atoms with E-state index in [1.54, 1.807) is 6.08 Å². The number of nitrogens with one attached hydrogen (secondary N) is 1. The van der Waals surface area contributed by atoms with Gasteiger partial charge in [0.1, 0.15) is 0 Å². The highest BCUT2D eigenvalue weighted by Gasteiger charge is 2.18. The van der Waals surface area contributed by atoms with Crippen LogP contribution in [0.1, 0.15) is 290 Å². The monoisotopic (exact) mass is 886 g/mol. The van der Waals surface area contributed by atoms with Crippen LogP contribution in [0.4, 0.5) is 0 Å². The molecular formula is C57H107NO5. The normalized spacial score (nSPS) is 12.9. The highest BCUT2D eigenvalue weighted by Crippen LogP contribution is 2.16. The van der Waals surface area contributed by atoms with E-state index in [1.807, 2.05) is 6.08 Å². The molecule has 6 nitrogen and oxygen atoms in total. The second-order valence-corrected chi connectivity index (χ2v) is 18.9. The molecule has 0 aromatic rings. The van der Waals surface area contributed by atoms with Crippen LogP contribution in [0.3, 0.4) is 0 Å². The van der Waals surface area contributed by atoms with Gasteiger partial charge in [-0.05, 0) is 70.6 Å². The minimum Gasteiger partial charge on any atom is -0.466 e. The van der Waals surface area contributed by atoms with Crippen LogP contribution in [-0.4, -0.2) is 47.4 Å². The topological polar surface area (TPSA) is 95.9 Å². The molecule has 0 spiro atoms. The lowest BCUT2D eigenvalue weighted by atomic mass is 10.0. The molecule has 3 N–H and O–H groups in total. The third-order valence-corrected chi connectivity index (χ3v) is 12.7. The predicted molar refractivity (Wildman–Crippen MR) is 273 cm³/mol. The van der Waals surface area contributed by atoms with E-state index in [0.29, 0.717) is 19.4 Å². The number of hydrogen-bond acceptors (Lipinski definition) is 5. The number of carbonyl (C=O) groups excluding carboxylic acids is 2. The molecule has 0 aliphatic rings. The summed E-state index contributed by atoms with van der Waals surface area (Å²) < 4.78 is 5.46. The molecule has 0 aromatic heterocycles. The molecule has 6 heteroatoms. The number of allylic oxidation sites excluding steroid dienone is 5. The zero-order valence-corrected chi connectivity index (χ0v) is 42.1. The van der Waals surface area contributed by atoms with Gasteiger partial charge in [-0.2, -0.15) is 0 Å². The molecule has 0 saturated heterocycles. The largest absolute Gasteiger partial charge is 0.466 e. The molecule has 0 radical (unpaired) electrons. The van der Waals surface area contributed by atoms with Crippen molar-refractivity contribution in [1.29, 1.82) is 0 Å². The SMILES string of the molecule is CCCCCCCCCCCCC/C=C/C(O)C(CO)NC(=O)CCCCCCCCC/C=C\C/C=C\CCCCCOC(=O)CCCCCCCCCCCCCCCCCC. The van der Waals surface area contributed by atoms with Crippen LogP contribution in [0.15, 0.2) is 36.5 Å². The zero-order valence-electron chi connectivity index (χ0n) is 42.1. The highest BCUT2D eigenvalue weighted by molar-refractivity contribution is 5.76. The fraction of sp³-hybridized carbons (Fsp3) is 0.860. The Hall–Kier alpha value is -1.92. The van der Waals surface area contributed by atoms with Gasteiger partial charge in [-0.15, -0.1) is 0 Å². The molecular weight excluding hydrogens is 779 g/mol. The first-order chi connectivity index (χ1) is 31.0. The highest BCUT2D eigenvalue weighted by atomic mass is 16.5. The van der Waals surface area contributed by atoms with Gasteiger partial charge in [0.15, 0.2) is 0 Å². The molecule has 0 bridgehead atoms. The molecule has 2 atom stereocenters. The zero-order chi connectivity index (χ0) is 45.8. The van der Waals surface area contributed by atoms with E-state index < -0.39 is 12.1 Å². The maximum absolute atomic E-state index is 12.4. The number of rotatable bonds is 51. The van der Waals surface area contributed by atoms with E-state index in [9.17, 15) is 19.8 Å². The molecule has 0 aliphatic carbocycles. The number of ether oxygens (including phenoxy) is 1. The lowest BCUT2D eigenvalue weighted by molar-refractivity contribution is -0.143. The summed E-state index contributed by atoms with van der Waals surface area (Å²) in [5.74, 6) is -0.0980. The van der Waals surface area contributed by atoms with Crippen LogP contribution >= 0.6 is 0 Å². The van der Waals surface area contributed by atoms with E-state index in [4.69, 9.17) is 4.74 Å². The van der Waals surface area contributed by atoms with Gasteiger partial charge in [-0.1, -0.05) is 243 Å². The summed E-state index contributed by atoms with van der Waals surface area (Å²) in [6, 6.07) is -0.639. The molecule has 63 heavy (non-hydrogen) atoms.